The zero-order chi connectivity index (χ0) is 22.2. The summed E-state index contributed by atoms with van der Waals surface area (Å²) in [6, 6.07) is 25.2. The van der Waals surface area contributed by atoms with Gasteiger partial charge in [-0.15, -0.1) is 0 Å². The number of amidine groups is 1. The van der Waals surface area contributed by atoms with E-state index in [1.54, 1.807) is 23.1 Å². The number of aromatic nitrogens is 1. The second kappa shape index (κ2) is 11.2. The molecule has 0 aliphatic heterocycles. The van der Waals surface area contributed by atoms with Crippen molar-refractivity contribution in [2.75, 3.05) is 17.6 Å². The Labute approximate surface area is 198 Å². The molecule has 0 aliphatic rings. The van der Waals surface area contributed by atoms with Crippen LogP contribution >= 0.6 is 23.1 Å². The summed E-state index contributed by atoms with van der Waals surface area (Å²) in [5, 5.41) is 5.05. The van der Waals surface area contributed by atoms with Gasteiger partial charge in [0.05, 0.1) is 15.9 Å². The topological polar surface area (TPSA) is 63.3 Å². The second-order valence-electron chi connectivity index (χ2n) is 7.72. The molecule has 4 rings (SSSR count). The van der Waals surface area contributed by atoms with E-state index in [2.05, 4.69) is 76.8 Å². The Morgan fingerprint density at radius 1 is 1.00 bits per heavy atom. The molecular weight excluding hydrogens is 432 g/mol. The third-order valence-electron chi connectivity index (χ3n) is 5.11. The number of benzene rings is 3. The molecule has 0 atom stereocenters. The van der Waals surface area contributed by atoms with Gasteiger partial charge < -0.3 is 11.1 Å². The van der Waals surface area contributed by atoms with Gasteiger partial charge in [0.25, 0.3) is 0 Å². The molecule has 1 aromatic heterocycles. The van der Waals surface area contributed by atoms with Crippen molar-refractivity contribution in [2.45, 2.75) is 26.2 Å². The van der Waals surface area contributed by atoms with Gasteiger partial charge in [-0.05, 0) is 67.1 Å². The molecule has 6 heteroatoms. The first kappa shape index (κ1) is 22.4. The third kappa shape index (κ3) is 6.58. The molecule has 32 heavy (non-hydrogen) atoms. The van der Waals surface area contributed by atoms with Crippen LogP contribution in [0.4, 0.5) is 10.8 Å². The highest BCUT2D eigenvalue weighted by atomic mass is 32.2. The van der Waals surface area contributed by atoms with Gasteiger partial charge in [0.2, 0.25) is 0 Å². The number of nitrogens with one attached hydrogen (secondary N) is 1. The van der Waals surface area contributed by atoms with Gasteiger partial charge in [-0.1, -0.05) is 71.6 Å². The van der Waals surface area contributed by atoms with Crippen molar-refractivity contribution < 1.29 is 0 Å². The van der Waals surface area contributed by atoms with E-state index in [0.29, 0.717) is 5.17 Å². The molecule has 0 spiro atoms. The summed E-state index contributed by atoms with van der Waals surface area (Å²) in [6.45, 7) is 2.96. The van der Waals surface area contributed by atoms with Crippen LogP contribution in [0.5, 0.6) is 0 Å². The molecule has 164 valence electrons. The fourth-order valence-corrected chi connectivity index (χ4v) is 5.07. The van der Waals surface area contributed by atoms with Crippen LogP contribution in [0.2, 0.25) is 0 Å². The molecule has 0 radical (unpaired) electrons. The van der Waals surface area contributed by atoms with Gasteiger partial charge in [-0.25, -0.2) is 9.98 Å². The molecular formula is C26H28N4S2. The average molecular weight is 461 g/mol. The number of fused-ring (bicyclic) bond motifs is 1. The van der Waals surface area contributed by atoms with Crippen molar-refractivity contribution in [2.24, 2.45) is 10.7 Å². The lowest BCUT2D eigenvalue weighted by Crippen LogP contribution is -2.07. The maximum atomic E-state index is 6.11. The van der Waals surface area contributed by atoms with E-state index in [1.165, 1.54) is 21.4 Å². The highest BCUT2D eigenvalue weighted by molar-refractivity contribution is 8.13. The quantitative estimate of drug-likeness (QED) is 0.168. The number of nitrogens with two attached hydrogens (primary N) is 1. The Hall–Kier alpha value is -2.83. The van der Waals surface area contributed by atoms with Crippen molar-refractivity contribution in [3.8, 4) is 0 Å². The zero-order valence-electron chi connectivity index (χ0n) is 18.3. The van der Waals surface area contributed by atoms with E-state index < -0.39 is 0 Å². The normalized spacial score (nSPS) is 11.7. The second-order valence-corrected chi connectivity index (χ2v) is 9.87. The van der Waals surface area contributed by atoms with E-state index >= 15 is 0 Å². The predicted octanol–water partition coefficient (Wildman–Crippen LogP) is 6.57. The first-order valence-corrected chi connectivity index (χ1v) is 12.7. The molecule has 0 saturated carbocycles. The lowest BCUT2D eigenvalue weighted by molar-refractivity contribution is 0.935. The molecule has 0 bridgehead atoms. The highest BCUT2D eigenvalue weighted by Gasteiger charge is 2.04. The van der Waals surface area contributed by atoms with Crippen molar-refractivity contribution >= 4 is 49.3 Å². The van der Waals surface area contributed by atoms with Crippen molar-refractivity contribution in [3.05, 3.63) is 89.5 Å². The smallest absolute Gasteiger partial charge is 0.183 e. The summed E-state index contributed by atoms with van der Waals surface area (Å²) >= 11 is 3.33. The molecule has 3 aromatic carbocycles. The Balaban J connectivity index is 1.20. The van der Waals surface area contributed by atoms with Gasteiger partial charge in [0.15, 0.2) is 10.3 Å². The van der Waals surface area contributed by atoms with Gasteiger partial charge in [-0.2, -0.15) is 0 Å². The van der Waals surface area contributed by atoms with E-state index in [0.717, 1.165) is 47.9 Å². The minimum absolute atomic E-state index is 0.624. The maximum Gasteiger partial charge on any atom is 0.183 e. The predicted molar refractivity (Wildman–Crippen MR) is 141 cm³/mol. The monoisotopic (exact) mass is 460 g/mol. The lowest BCUT2D eigenvalue weighted by atomic mass is 10.1. The summed E-state index contributed by atoms with van der Waals surface area (Å²) in [5.41, 5.74) is 12.0. The molecule has 0 fully saturated rings. The number of nitrogens with zero attached hydrogens (tertiary/aromatic N) is 2. The van der Waals surface area contributed by atoms with Crippen LogP contribution in [0.15, 0.2) is 77.8 Å². The molecule has 1 heterocycles. The Bertz CT molecular complexity index is 1170. The number of aryl methyl sites for hydroxylation is 2. The zero-order valence-corrected chi connectivity index (χ0v) is 19.9. The fraction of sp³-hybridized carbons (Fsp3) is 0.231. The number of aliphatic imine (C=N–C) groups is 1. The standard InChI is InChI=1S/C26H28N4S2/c1-19-9-14-23-24(18-19)32-26(30-23)28-16-15-21-10-12-22(13-11-21)29-25(27)31-17-5-8-20-6-3-2-4-7-20/h2-4,6-7,9-14,18H,5,8,15-17H2,1H3,(H2,27,29)(H,28,30). The highest BCUT2D eigenvalue weighted by Crippen LogP contribution is 2.26. The van der Waals surface area contributed by atoms with Gasteiger partial charge >= 0.3 is 0 Å². The molecule has 0 aliphatic carbocycles. The van der Waals surface area contributed by atoms with E-state index in [9.17, 15) is 0 Å². The van der Waals surface area contributed by atoms with Crippen LogP contribution in [-0.2, 0) is 12.8 Å². The molecule has 4 aromatic rings. The molecule has 0 unspecified atom stereocenters. The van der Waals surface area contributed by atoms with E-state index in [-0.39, 0.29) is 0 Å². The minimum Gasteiger partial charge on any atom is -0.378 e. The van der Waals surface area contributed by atoms with Crippen LogP contribution in [0.1, 0.15) is 23.1 Å². The Kier molecular flexibility index (Phi) is 7.80. The van der Waals surface area contributed by atoms with Crippen LogP contribution in [0.3, 0.4) is 0 Å². The summed E-state index contributed by atoms with van der Waals surface area (Å²) in [6.07, 6.45) is 3.09. The summed E-state index contributed by atoms with van der Waals surface area (Å²) in [5.74, 6) is 0.972. The number of thiazole rings is 1. The molecule has 0 amide bonds. The number of hydrogen-bond donors (Lipinski definition) is 2. The molecule has 4 nitrogen and oxygen atoms in total. The molecule has 0 saturated heterocycles. The largest absolute Gasteiger partial charge is 0.378 e. The average Bonchev–Trinajstić information content (AvgIpc) is 3.20. The first-order chi connectivity index (χ1) is 15.7. The lowest BCUT2D eigenvalue weighted by Gasteiger charge is -2.05. The SMILES string of the molecule is Cc1ccc2nc(NCCc3ccc(N=C(N)SCCCc4ccccc4)cc3)sc2c1. The van der Waals surface area contributed by atoms with Gasteiger partial charge in [-0.3, -0.25) is 0 Å². The summed E-state index contributed by atoms with van der Waals surface area (Å²) in [4.78, 5) is 9.19. The first-order valence-electron chi connectivity index (χ1n) is 10.9. The van der Waals surface area contributed by atoms with Crippen LogP contribution in [0, 0.1) is 6.92 Å². The Morgan fingerprint density at radius 2 is 1.78 bits per heavy atom. The fourth-order valence-electron chi connectivity index (χ4n) is 3.42. The maximum absolute atomic E-state index is 6.11. The number of anilines is 1. The van der Waals surface area contributed by atoms with Crippen LogP contribution < -0.4 is 11.1 Å². The summed E-state index contributed by atoms with van der Waals surface area (Å²) < 4.78 is 1.23. The Morgan fingerprint density at radius 3 is 2.59 bits per heavy atom. The number of rotatable bonds is 9. The third-order valence-corrected chi connectivity index (χ3v) is 6.97. The summed E-state index contributed by atoms with van der Waals surface area (Å²) in [7, 11) is 0. The van der Waals surface area contributed by atoms with Crippen molar-refractivity contribution in [1.29, 1.82) is 0 Å². The van der Waals surface area contributed by atoms with Gasteiger partial charge in [0, 0.05) is 12.3 Å². The van der Waals surface area contributed by atoms with Crippen molar-refractivity contribution in [1.82, 2.24) is 4.98 Å². The van der Waals surface area contributed by atoms with Crippen molar-refractivity contribution in [3.63, 3.8) is 0 Å². The van der Waals surface area contributed by atoms with E-state index in [1.807, 2.05) is 18.2 Å². The number of hydrogen-bond acceptors (Lipinski definition) is 5. The van der Waals surface area contributed by atoms with Crippen LogP contribution in [0.25, 0.3) is 10.2 Å². The minimum atomic E-state index is 0.624. The molecule has 3 N–H and O–H groups in total. The number of thioether (sulfide) groups is 1. The van der Waals surface area contributed by atoms with Crippen LogP contribution in [-0.4, -0.2) is 22.4 Å². The van der Waals surface area contributed by atoms with E-state index in [4.69, 9.17) is 5.73 Å². The van der Waals surface area contributed by atoms with Gasteiger partial charge in [0.1, 0.15) is 0 Å².